The summed E-state index contributed by atoms with van der Waals surface area (Å²) in [6, 6.07) is 0. The Labute approximate surface area is 105 Å². The monoisotopic (exact) mass is 264 g/mol. The predicted octanol–water partition coefficient (Wildman–Crippen LogP) is 1.38. The van der Waals surface area contributed by atoms with E-state index in [2.05, 4.69) is 0 Å². The first-order valence-corrected chi connectivity index (χ1v) is 8.16. The lowest BCUT2D eigenvalue weighted by atomic mass is 10.2. The third kappa shape index (κ3) is 5.03. The van der Waals surface area contributed by atoms with Crippen molar-refractivity contribution in [3.63, 3.8) is 0 Å². The van der Waals surface area contributed by atoms with Gasteiger partial charge in [0.2, 0.25) is 0 Å². The van der Waals surface area contributed by atoms with E-state index < -0.39 is 8.80 Å². The van der Waals surface area contributed by atoms with E-state index in [1.165, 1.54) is 0 Å². The summed E-state index contributed by atoms with van der Waals surface area (Å²) in [6.45, 7) is 10.9. The Morgan fingerprint density at radius 1 is 1.06 bits per heavy atom. The molecule has 1 saturated heterocycles. The second-order valence-electron chi connectivity index (χ2n) is 4.21. The van der Waals surface area contributed by atoms with Gasteiger partial charge in [-0.3, -0.25) is 0 Å². The Bertz CT molecular complexity index is 203. The topological polar surface area (TPSA) is 49.5 Å². The molecule has 0 spiro atoms. The highest BCUT2D eigenvalue weighted by atomic mass is 28.4. The molecule has 1 aliphatic rings. The van der Waals surface area contributed by atoms with E-state index >= 15 is 0 Å². The molecule has 0 radical (unpaired) electrons. The lowest BCUT2D eigenvalue weighted by molar-refractivity contribution is 0.0200. The number of epoxide rings is 1. The van der Waals surface area contributed by atoms with Crippen molar-refractivity contribution in [2.45, 2.75) is 33.3 Å². The van der Waals surface area contributed by atoms with Gasteiger partial charge in [-0.05, 0) is 27.7 Å². The second kappa shape index (κ2) is 6.82. The maximum atomic E-state index is 5.67. The van der Waals surface area contributed by atoms with Crippen LogP contribution in [0.1, 0.15) is 27.7 Å². The summed E-state index contributed by atoms with van der Waals surface area (Å²) in [7, 11) is -2.65. The summed E-state index contributed by atoms with van der Waals surface area (Å²) in [5.74, 6) is 0. The minimum atomic E-state index is -2.65. The summed E-state index contributed by atoms with van der Waals surface area (Å²) in [5, 5.41) is 0. The fraction of sp³-hybridized carbons (Fsp3) is 1.00. The third-order valence-corrected chi connectivity index (χ3v) is 5.16. The molecule has 0 aliphatic carbocycles. The van der Waals surface area contributed by atoms with Crippen LogP contribution < -0.4 is 0 Å². The number of ether oxygens (including phenoxy) is 2. The Kier molecular flexibility index (Phi) is 6.05. The maximum Gasteiger partial charge on any atom is 0.528 e. The number of rotatable bonds is 10. The van der Waals surface area contributed by atoms with Gasteiger partial charge < -0.3 is 22.8 Å². The zero-order valence-corrected chi connectivity index (χ0v) is 12.3. The maximum absolute atomic E-state index is 5.67. The van der Waals surface area contributed by atoms with Crippen molar-refractivity contribution in [2.75, 3.05) is 39.3 Å². The molecule has 1 fully saturated rings. The van der Waals surface area contributed by atoms with Crippen LogP contribution in [0.15, 0.2) is 0 Å². The van der Waals surface area contributed by atoms with Gasteiger partial charge in [-0.25, -0.2) is 0 Å². The molecule has 5 nitrogen and oxygen atoms in total. The van der Waals surface area contributed by atoms with Crippen molar-refractivity contribution >= 4 is 8.80 Å². The van der Waals surface area contributed by atoms with Crippen LogP contribution in [-0.2, 0) is 22.8 Å². The van der Waals surface area contributed by atoms with E-state index in [4.69, 9.17) is 22.8 Å². The molecule has 0 saturated carbocycles. The van der Waals surface area contributed by atoms with E-state index in [9.17, 15) is 0 Å². The largest absolute Gasteiger partial charge is 0.528 e. The van der Waals surface area contributed by atoms with E-state index in [0.29, 0.717) is 32.7 Å². The number of hydrogen-bond acceptors (Lipinski definition) is 5. The molecular formula is C11H24O5Si. The lowest BCUT2D eigenvalue weighted by Gasteiger charge is -2.28. The molecule has 0 bridgehead atoms. The van der Waals surface area contributed by atoms with Crippen LogP contribution in [0, 0.1) is 0 Å². The first-order chi connectivity index (χ1) is 8.10. The highest BCUT2D eigenvalue weighted by Crippen LogP contribution is 2.26. The van der Waals surface area contributed by atoms with Crippen LogP contribution in [0.4, 0.5) is 0 Å². The van der Waals surface area contributed by atoms with Gasteiger partial charge in [0.05, 0.1) is 13.2 Å². The molecule has 102 valence electrons. The minimum absolute atomic E-state index is 0.106. The predicted molar refractivity (Wildman–Crippen MR) is 65.8 cm³/mol. The van der Waals surface area contributed by atoms with E-state index in [-0.39, 0.29) is 5.60 Å². The number of hydrogen-bond donors (Lipinski definition) is 0. The van der Waals surface area contributed by atoms with E-state index in [1.807, 2.05) is 27.7 Å². The van der Waals surface area contributed by atoms with Gasteiger partial charge in [0.15, 0.2) is 0 Å². The van der Waals surface area contributed by atoms with Crippen molar-refractivity contribution in [3.8, 4) is 0 Å². The lowest BCUT2D eigenvalue weighted by Crippen LogP contribution is -2.51. The molecule has 0 aromatic carbocycles. The van der Waals surface area contributed by atoms with Crippen molar-refractivity contribution in [2.24, 2.45) is 0 Å². The Morgan fingerprint density at radius 3 is 1.88 bits per heavy atom. The first kappa shape index (κ1) is 15.1. The van der Waals surface area contributed by atoms with Crippen LogP contribution in [0.5, 0.6) is 0 Å². The fourth-order valence-corrected chi connectivity index (χ4v) is 3.68. The molecular weight excluding hydrogens is 240 g/mol. The fourth-order valence-electron chi connectivity index (χ4n) is 1.51. The molecule has 1 rings (SSSR count). The van der Waals surface area contributed by atoms with Gasteiger partial charge >= 0.3 is 8.80 Å². The zero-order valence-electron chi connectivity index (χ0n) is 11.3. The first-order valence-electron chi connectivity index (χ1n) is 6.23. The average molecular weight is 264 g/mol. The summed E-state index contributed by atoms with van der Waals surface area (Å²) in [6.07, 6.45) is 0.390. The van der Waals surface area contributed by atoms with Gasteiger partial charge in [-0.1, -0.05) is 0 Å². The van der Waals surface area contributed by atoms with Crippen molar-refractivity contribution < 1.29 is 22.8 Å². The van der Waals surface area contributed by atoms with Crippen LogP contribution in [0.25, 0.3) is 0 Å². The normalized spacial score (nSPS) is 24.0. The third-order valence-electron chi connectivity index (χ3n) is 2.42. The highest BCUT2D eigenvalue weighted by Gasteiger charge is 2.44. The summed E-state index contributed by atoms with van der Waals surface area (Å²) >= 11 is 0. The van der Waals surface area contributed by atoms with Gasteiger partial charge in [-0.2, -0.15) is 0 Å². The highest BCUT2D eigenvalue weighted by molar-refractivity contribution is 6.60. The van der Waals surface area contributed by atoms with Gasteiger partial charge in [-0.15, -0.1) is 0 Å². The molecule has 6 heteroatoms. The Morgan fingerprint density at radius 2 is 1.53 bits per heavy atom. The van der Waals surface area contributed by atoms with Crippen molar-refractivity contribution in [1.29, 1.82) is 0 Å². The van der Waals surface area contributed by atoms with Crippen LogP contribution in [0.3, 0.4) is 0 Å². The summed E-state index contributed by atoms with van der Waals surface area (Å²) in [5.41, 5.74) is -0.106. The standard InChI is InChI=1S/C11H24O5Si/c1-5-14-17(15-6-2,16-7-3)10-12-8-11(4)9-13-11/h5-10H2,1-4H3. The Hall–Kier alpha value is 0.0169. The molecule has 0 aromatic heterocycles. The molecule has 1 aliphatic heterocycles. The average Bonchev–Trinajstić information content (AvgIpc) is 2.98. The minimum Gasteiger partial charge on any atom is -0.374 e. The Balaban J connectivity index is 2.41. The molecule has 1 atom stereocenters. The van der Waals surface area contributed by atoms with Crippen LogP contribution in [0.2, 0.25) is 0 Å². The summed E-state index contributed by atoms with van der Waals surface area (Å²) in [4.78, 5) is 0. The quantitative estimate of drug-likeness (QED) is 0.441. The second-order valence-corrected chi connectivity index (χ2v) is 6.73. The van der Waals surface area contributed by atoms with Crippen LogP contribution >= 0.6 is 0 Å². The summed E-state index contributed by atoms with van der Waals surface area (Å²) < 4.78 is 27.9. The molecule has 0 amide bonds. The molecule has 1 heterocycles. The molecule has 0 N–H and O–H groups in total. The van der Waals surface area contributed by atoms with E-state index in [1.54, 1.807) is 0 Å². The molecule has 1 unspecified atom stereocenters. The SMILES string of the molecule is CCO[Si](COCC1(C)CO1)(OCC)OCC. The molecule has 0 aromatic rings. The molecule has 17 heavy (non-hydrogen) atoms. The van der Waals surface area contributed by atoms with E-state index in [0.717, 1.165) is 6.61 Å². The van der Waals surface area contributed by atoms with Crippen LogP contribution in [-0.4, -0.2) is 53.7 Å². The van der Waals surface area contributed by atoms with Gasteiger partial charge in [0.1, 0.15) is 11.8 Å². The van der Waals surface area contributed by atoms with Gasteiger partial charge in [0, 0.05) is 19.8 Å². The van der Waals surface area contributed by atoms with Crippen molar-refractivity contribution in [3.05, 3.63) is 0 Å². The zero-order chi connectivity index (χ0) is 12.8. The van der Waals surface area contributed by atoms with Crippen molar-refractivity contribution in [1.82, 2.24) is 0 Å². The van der Waals surface area contributed by atoms with Gasteiger partial charge in [0.25, 0.3) is 0 Å². The smallest absolute Gasteiger partial charge is 0.374 e.